The first-order chi connectivity index (χ1) is 8.11. The zero-order valence-electron chi connectivity index (χ0n) is 10.5. The number of carbonyl (C=O) groups is 1. The van der Waals surface area contributed by atoms with Crippen LogP contribution in [-0.4, -0.2) is 30.6 Å². The van der Waals surface area contributed by atoms with E-state index in [4.69, 9.17) is 4.74 Å². The highest BCUT2D eigenvalue weighted by Gasteiger charge is 2.04. The van der Waals surface area contributed by atoms with E-state index < -0.39 is 0 Å². The Kier molecular flexibility index (Phi) is 5.42. The zero-order chi connectivity index (χ0) is 12.7. The minimum Gasteiger partial charge on any atom is -0.482 e. The highest BCUT2D eigenvalue weighted by atomic mass is 16.5. The van der Waals surface area contributed by atoms with Crippen LogP contribution in [0.3, 0.4) is 0 Å². The molecule has 2 N–H and O–H groups in total. The number of pyridine rings is 1. The predicted molar refractivity (Wildman–Crippen MR) is 65.8 cm³/mol. The molecule has 5 nitrogen and oxygen atoms in total. The van der Waals surface area contributed by atoms with Crippen molar-refractivity contribution in [3.63, 3.8) is 0 Å². The minimum absolute atomic E-state index is 0.0191. The van der Waals surface area contributed by atoms with E-state index in [2.05, 4.69) is 15.6 Å². The van der Waals surface area contributed by atoms with Gasteiger partial charge in [-0.1, -0.05) is 0 Å². The number of ether oxygens (including phenoxy) is 1. The third kappa shape index (κ3) is 5.31. The van der Waals surface area contributed by atoms with Crippen molar-refractivity contribution in [2.75, 3.05) is 13.7 Å². The Labute approximate surface area is 102 Å². The average Bonchev–Trinajstić information content (AvgIpc) is 2.28. The van der Waals surface area contributed by atoms with Gasteiger partial charge in [-0.2, -0.15) is 0 Å². The van der Waals surface area contributed by atoms with Crippen LogP contribution in [0.2, 0.25) is 0 Å². The number of nitrogens with one attached hydrogen (secondary N) is 2. The zero-order valence-corrected chi connectivity index (χ0v) is 10.5. The fourth-order valence-corrected chi connectivity index (χ4v) is 1.29. The molecular formula is C12H19N3O2. The quantitative estimate of drug-likeness (QED) is 0.764. The molecule has 0 unspecified atom stereocenters. The Morgan fingerprint density at radius 3 is 2.76 bits per heavy atom. The molecule has 1 aromatic heterocycles. The molecule has 0 saturated carbocycles. The molecule has 1 rings (SSSR count). The summed E-state index contributed by atoms with van der Waals surface area (Å²) in [6.45, 7) is 4.55. The molecule has 94 valence electrons. The summed E-state index contributed by atoms with van der Waals surface area (Å²) in [5, 5.41) is 5.76. The first-order valence-corrected chi connectivity index (χ1v) is 5.63. The van der Waals surface area contributed by atoms with Gasteiger partial charge < -0.3 is 15.4 Å². The van der Waals surface area contributed by atoms with Gasteiger partial charge >= 0.3 is 0 Å². The first kappa shape index (κ1) is 13.4. The summed E-state index contributed by atoms with van der Waals surface area (Å²) >= 11 is 0. The van der Waals surface area contributed by atoms with Crippen LogP contribution in [0.5, 0.6) is 5.75 Å². The Morgan fingerprint density at radius 1 is 1.47 bits per heavy atom. The number of hydrogen-bond donors (Lipinski definition) is 2. The second kappa shape index (κ2) is 6.85. The molecule has 0 radical (unpaired) electrons. The lowest BCUT2D eigenvalue weighted by Gasteiger charge is -2.09. The number of hydrogen-bond acceptors (Lipinski definition) is 4. The van der Waals surface area contributed by atoms with Gasteiger partial charge in [0.15, 0.2) is 6.61 Å². The van der Waals surface area contributed by atoms with Gasteiger partial charge in [0.05, 0.1) is 11.9 Å². The van der Waals surface area contributed by atoms with Gasteiger partial charge in [-0.25, -0.2) is 0 Å². The van der Waals surface area contributed by atoms with Gasteiger partial charge in [-0.05, 0) is 33.0 Å². The van der Waals surface area contributed by atoms with E-state index >= 15 is 0 Å². The maximum absolute atomic E-state index is 11.3. The standard InChI is InChI=1S/C12H19N3O2/c1-9(2)15-12(16)8-17-11-5-4-10(6-13-3)14-7-11/h4-5,7,9,13H,6,8H2,1-3H3,(H,15,16). The smallest absolute Gasteiger partial charge is 0.258 e. The molecule has 0 aliphatic rings. The highest BCUT2D eigenvalue weighted by molar-refractivity contribution is 5.77. The monoisotopic (exact) mass is 237 g/mol. The summed E-state index contributed by atoms with van der Waals surface area (Å²) in [5.41, 5.74) is 0.937. The molecule has 1 heterocycles. The number of rotatable bonds is 6. The molecule has 0 fully saturated rings. The van der Waals surface area contributed by atoms with Crippen molar-refractivity contribution >= 4 is 5.91 Å². The van der Waals surface area contributed by atoms with E-state index in [9.17, 15) is 4.79 Å². The van der Waals surface area contributed by atoms with Gasteiger partial charge in [0.25, 0.3) is 5.91 Å². The minimum atomic E-state index is -0.126. The lowest BCUT2D eigenvalue weighted by molar-refractivity contribution is -0.123. The maximum atomic E-state index is 11.3. The average molecular weight is 237 g/mol. The summed E-state index contributed by atoms with van der Waals surface area (Å²) in [6, 6.07) is 3.80. The molecule has 0 bridgehead atoms. The second-order valence-corrected chi connectivity index (χ2v) is 4.03. The van der Waals surface area contributed by atoms with E-state index in [0.717, 1.165) is 5.69 Å². The molecule has 0 aliphatic carbocycles. The fraction of sp³-hybridized carbons (Fsp3) is 0.500. The summed E-state index contributed by atoms with van der Waals surface area (Å²) in [7, 11) is 1.86. The predicted octanol–water partition coefficient (Wildman–Crippen LogP) is 0.704. The largest absolute Gasteiger partial charge is 0.482 e. The van der Waals surface area contributed by atoms with E-state index in [1.165, 1.54) is 0 Å². The third-order valence-corrected chi connectivity index (χ3v) is 1.98. The maximum Gasteiger partial charge on any atom is 0.258 e. The molecule has 0 spiro atoms. The Morgan fingerprint density at radius 2 is 2.24 bits per heavy atom. The van der Waals surface area contributed by atoms with Crippen LogP contribution >= 0.6 is 0 Å². The number of aromatic nitrogens is 1. The lowest BCUT2D eigenvalue weighted by Crippen LogP contribution is -2.34. The van der Waals surface area contributed by atoms with Gasteiger partial charge in [0.2, 0.25) is 0 Å². The van der Waals surface area contributed by atoms with Crippen LogP contribution < -0.4 is 15.4 Å². The molecule has 17 heavy (non-hydrogen) atoms. The van der Waals surface area contributed by atoms with Crippen molar-refractivity contribution in [3.05, 3.63) is 24.0 Å². The second-order valence-electron chi connectivity index (χ2n) is 4.03. The van der Waals surface area contributed by atoms with Crippen molar-refractivity contribution in [2.24, 2.45) is 0 Å². The van der Waals surface area contributed by atoms with E-state index in [0.29, 0.717) is 12.3 Å². The molecule has 0 saturated heterocycles. The Hall–Kier alpha value is -1.62. The summed E-state index contributed by atoms with van der Waals surface area (Å²) in [6.07, 6.45) is 1.62. The first-order valence-electron chi connectivity index (χ1n) is 5.63. The number of amides is 1. The van der Waals surface area contributed by atoms with Crippen molar-refractivity contribution in [3.8, 4) is 5.75 Å². The van der Waals surface area contributed by atoms with Crippen LogP contribution in [0.25, 0.3) is 0 Å². The topological polar surface area (TPSA) is 63.2 Å². The summed E-state index contributed by atoms with van der Waals surface area (Å²) < 4.78 is 5.31. The highest BCUT2D eigenvalue weighted by Crippen LogP contribution is 2.08. The number of carbonyl (C=O) groups excluding carboxylic acids is 1. The van der Waals surface area contributed by atoms with Crippen LogP contribution in [0, 0.1) is 0 Å². The Bertz CT molecular complexity index is 349. The molecule has 0 aromatic carbocycles. The van der Waals surface area contributed by atoms with Gasteiger partial charge in [0.1, 0.15) is 5.75 Å². The van der Waals surface area contributed by atoms with Crippen molar-refractivity contribution in [1.29, 1.82) is 0 Å². The van der Waals surface area contributed by atoms with Crippen molar-refractivity contribution in [1.82, 2.24) is 15.6 Å². The van der Waals surface area contributed by atoms with Gasteiger partial charge in [-0.3, -0.25) is 9.78 Å². The summed E-state index contributed by atoms with van der Waals surface area (Å²) in [4.78, 5) is 15.5. The molecule has 5 heteroatoms. The van der Waals surface area contributed by atoms with E-state index in [1.54, 1.807) is 6.20 Å². The van der Waals surface area contributed by atoms with E-state index in [-0.39, 0.29) is 18.6 Å². The van der Waals surface area contributed by atoms with E-state index in [1.807, 2.05) is 33.0 Å². The summed E-state index contributed by atoms with van der Waals surface area (Å²) in [5.74, 6) is 0.475. The van der Waals surface area contributed by atoms with Crippen molar-refractivity contribution < 1.29 is 9.53 Å². The van der Waals surface area contributed by atoms with Crippen LogP contribution in [0.4, 0.5) is 0 Å². The molecule has 1 amide bonds. The molecule has 1 aromatic rings. The van der Waals surface area contributed by atoms with Crippen LogP contribution in [0.15, 0.2) is 18.3 Å². The normalized spacial score (nSPS) is 10.4. The number of nitrogens with zero attached hydrogens (tertiary/aromatic N) is 1. The molecule has 0 atom stereocenters. The SMILES string of the molecule is CNCc1ccc(OCC(=O)NC(C)C)cn1. The van der Waals surface area contributed by atoms with Crippen molar-refractivity contribution in [2.45, 2.75) is 26.4 Å². The van der Waals surface area contributed by atoms with Gasteiger partial charge in [-0.15, -0.1) is 0 Å². The molecule has 0 aliphatic heterocycles. The van der Waals surface area contributed by atoms with Gasteiger partial charge in [0, 0.05) is 12.6 Å². The third-order valence-electron chi connectivity index (χ3n) is 1.98. The lowest BCUT2D eigenvalue weighted by atomic mass is 10.3. The van der Waals surface area contributed by atoms with Crippen LogP contribution in [-0.2, 0) is 11.3 Å². The molecular weight excluding hydrogens is 218 g/mol. The van der Waals surface area contributed by atoms with Crippen LogP contribution in [0.1, 0.15) is 19.5 Å². The Balaban J connectivity index is 2.39. The fourth-order valence-electron chi connectivity index (χ4n) is 1.29.